The lowest BCUT2D eigenvalue weighted by Gasteiger charge is -2.34. The lowest BCUT2D eigenvalue weighted by molar-refractivity contribution is -0.00167. The number of ether oxygens (including phenoxy) is 1. The van der Waals surface area contributed by atoms with E-state index >= 15 is 0 Å². The second-order valence-electron chi connectivity index (χ2n) is 5.13. The monoisotopic (exact) mass is 288 g/mol. The maximum absolute atomic E-state index is 12.0. The van der Waals surface area contributed by atoms with Crippen LogP contribution in [0.1, 0.15) is 28.2 Å². The average Bonchev–Trinajstić information content (AvgIpc) is 2.92. The van der Waals surface area contributed by atoms with E-state index in [4.69, 9.17) is 9.26 Å². The standard InChI is InChI=1S/C15H16N2O4/c1-10-8-12(17-21-10)14(18)16-9-15(19)6-7-20-13-5-3-2-4-11(13)15/h2-5,8,19H,6-7,9H2,1H3,(H,16,18). The van der Waals surface area contributed by atoms with Gasteiger partial charge in [-0.25, -0.2) is 0 Å². The van der Waals surface area contributed by atoms with E-state index in [1.807, 2.05) is 18.2 Å². The third kappa shape index (κ3) is 2.62. The van der Waals surface area contributed by atoms with Crippen molar-refractivity contribution in [1.29, 1.82) is 0 Å². The zero-order chi connectivity index (χ0) is 14.9. The minimum atomic E-state index is -1.14. The van der Waals surface area contributed by atoms with Gasteiger partial charge >= 0.3 is 0 Å². The van der Waals surface area contributed by atoms with Crippen molar-refractivity contribution in [3.63, 3.8) is 0 Å². The summed E-state index contributed by atoms with van der Waals surface area (Å²) in [5.74, 6) is 0.845. The fraction of sp³-hybridized carbons (Fsp3) is 0.333. The van der Waals surface area contributed by atoms with Crippen LogP contribution in [0.2, 0.25) is 0 Å². The first-order valence-electron chi connectivity index (χ1n) is 6.75. The van der Waals surface area contributed by atoms with Crippen LogP contribution in [0.4, 0.5) is 0 Å². The summed E-state index contributed by atoms with van der Waals surface area (Å²) in [6.07, 6.45) is 0.419. The van der Waals surface area contributed by atoms with Gasteiger partial charge in [0.15, 0.2) is 5.69 Å². The lowest BCUT2D eigenvalue weighted by Crippen LogP contribution is -2.44. The van der Waals surface area contributed by atoms with Crippen LogP contribution in [0.3, 0.4) is 0 Å². The third-order valence-electron chi connectivity index (χ3n) is 3.56. The van der Waals surface area contributed by atoms with E-state index in [-0.39, 0.29) is 18.1 Å². The number of nitrogens with one attached hydrogen (secondary N) is 1. The Kier molecular flexibility index (Phi) is 3.39. The molecule has 0 fully saturated rings. The predicted molar refractivity (Wildman–Crippen MR) is 74.0 cm³/mol. The number of aryl methyl sites for hydroxylation is 1. The van der Waals surface area contributed by atoms with Gasteiger partial charge in [0.05, 0.1) is 13.2 Å². The first-order chi connectivity index (χ1) is 10.1. The highest BCUT2D eigenvalue weighted by atomic mass is 16.5. The zero-order valence-corrected chi connectivity index (χ0v) is 11.6. The first kappa shape index (κ1) is 13.6. The number of amides is 1. The minimum absolute atomic E-state index is 0.0954. The van der Waals surface area contributed by atoms with Crippen molar-refractivity contribution in [1.82, 2.24) is 10.5 Å². The molecule has 0 spiro atoms. The SMILES string of the molecule is Cc1cc(C(=O)NCC2(O)CCOc3ccccc32)no1. The predicted octanol–water partition coefficient (Wildman–Crippen LogP) is 1.38. The highest BCUT2D eigenvalue weighted by Gasteiger charge is 2.36. The fourth-order valence-corrected chi connectivity index (χ4v) is 2.42. The van der Waals surface area contributed by atoms with Crippen molar-refractivity contribution < 1.29 is 19.2 Å². The largest absolute Gasteiger partial charge is 0.493 e. The molecule has 1 aliphatic heterocycles. The van der Waals surface area contributed by atoms with Crippen molar-refractivity contribution in [2.45, 2.75) is 18.9 Å². The average molecular weight is 288 g/mol. The molecular formula is C15H16N2O4. The Hall–Kier alpha value is -2.34. The van der Waals surface area contributed by atoms with Gasteiger partial charge in [-0.3, -0.25) is 4.79 Å². The second-order valence-corrected chi connectivity index (χ2v) is 5.13. The molecule has 3 rings (SSSR count). The van der Waals surface area contributed by atoms with E-state index in [1.165, 1.54) is 0 Å². The molecule has 2 N–H and O–H groups in total. The summed E-state index contributed by atoms with van der Waals surface area (Å²) in [6.45, 7) is 2.22. The van der Waals surface area contributed by atoms with Crippen molar-refractivity contribution in [3.05, 3.63) is 47.3 Å². The van der Waals surface area contributed by atoms with Gasteiger partial charge in [0.25, 0.3) is 5.91 Å². The Balaban J connectivity index is 1.74. The van der Waals surface area contributed by atoms with Crippen LogP contribution >= 0.6 is 0 Å². The second kappa shape index (κ2) is 5.21. The van der Waals surface area contributed by atoms with Crippen LogP contribution in [0.15, 0.2) is 34.9 Å². The van der Waals surface area contributed by atoms with E-state index < -0.39 is 5.60 Å². The molecule has 1 unspecified atom stereocenters. The molecule has 110 valence electrons. The smallest absolute Gasteiger partial charge is 0.273 e. The molecule has 1 amide bonds. The number of carbonyl (C=O) groups excluding carboxylic acids is 1. The summed E-state index contributed by atoms with van der Waals surface area (Å²) in [7, 11) is 0. The number of rotatable bonds is 3. The Morgan fingerprint density at radius 1 is 1.48 bits per heavy atom. The molecule has 1 aliphatic rings. The van der Waals surface area contributed by atoms with Crippen LogP contribution < -0.4 is 10.1 Å². The molecule has 2 heterocycles. The molecule has 0 aliphatic carbocycles. The molecule has 0 radical (unpaired) electrons. The Morgan fingerprint density at radius 3 is 3.05 bits per heavy atom. The van der Waals surface area contributed by atoms with Gasteiger partial charge in [0, 0.05) is 18.1 Å². The molecular weight excluding hydrogens is 272 g/mol. The molecule has 0 saturated heterocycles. The Bertz CT molecular complexity index is 667. The quantitative estimate of drug-likeness (QED) is 0.891. The summed E-state index contributed by atoms with van der Waals surface area (Å²) < 4.78 is 10.4. The molecule has 6 heteroatoms. The molecule has 0 bridgehead atoms. The topological polar surface area (TPSA) is 84.6 Å². The zero-order valence-electron chi connectivity index (χ0n) is 11.6. The van der Waals surface area contributed by atoms with Gasteiger partial charge in [0.2, 0.25) is 0 Å². The van der Waals surface area contributed by atoms with Gasteiger partial charge in [-0.1, -0.05) is 23.4 Å². The van der Waals surface area contributed by atoms with E-state index in [9.17, 15) is 9.90 Å². The maximum Gasteiger partial charge on any atom is 0.273 e. The number of aromatic nitrogens is 1. The summed E-state index contributed by atoms with van der Waals surface area (Å²) in [5, 5.41) is 17.1. The van der Waals surface area contributed by atoms with Crippen LogP contribution in [-0.2, 0) is 5.60 Å². The number of fused-ring (bicyclic) bond motifs is 1. The van der Waals surface area contributed by atoms with E-state index in [0.717, 1.165) is 0 Å². The summed E-state index contributed by atoms with van der Waals surface area (Å²) in [6, 6.07) is 8.85. The van der Waals surface area contributed by atoms with E-state index in [1.54, 1.807) is 19.1 Å². The van der Waals surface area contributed by atoms with Crippen LogP contribution in [0.5, 0.6) is 5.75 Å². The normalized spacial score (nSPS) is 20.5. The van der Waals surface area contributed by atoms with Gasteiger partial charge in [-0.2, -0.15) is 0 Å². The molecule has 1 aromatic heterocycles. The fourth-order valence-electron chi connectivity index (χ4n) is 2.42. The molecule has 6 nitrogen and oxygen atoms in total. The number of para-hydroxylation sites is 1. The van der Waals surface area contributed by atoms with E-state index in [2.05, 4.69) is 10.5 Å². The lowest BCUT2D eigenvalue weighted by atomic mass is 9.88. The molecule has 1 atom stereocenters. The van der Waals surface area contributed by atoms with E-state index in [0.29, 0.717) is 30.1 Å². The van der Waals surface area contributed by atoms with Crippen molar-refractivity contribution in [3.8, 4) is 5.75 Å². The highest BCUT2D eigenvalue weighted by molar-refractivity contribution is 5.92. The third-order valence-corrected chi connectivity index (χ3v) is 3.56. The van der Waals surface area contributed by atoms with Crippen LogP contribution in [0.25, 0.3) is 0 Å². The van der Waals surface area contributed by atoms with Crippen LogP contribution in [0, 0.1) is 6.92 Å². The number of benzene rings is 1. The number of hydrogen-bond acceptors (Lipinski definition) is 5. The molecule has 0 saturated carbocycles. The minimum Gasteiger partial charge on any atom is -0.493 e. The molecule has 1 aromatic carbocycles. The first-order valence-corrected chi connectivity index (χ1v) is 6.75. The number of carbonyl (C=O) groups is 1. The molecule has 21 heavy (non-hydrogen) atoms. The summed E-state index contributed by atoms with van der Waals surface area (Å²) in [5.41, 5.74) is -0.243. The highest BCUT2D eigenvalue weighted by Crippen LogP contribution is 2.36. The van der Waals surface area contributed by atoms with Gasteiger partial charge in [-0.15, -0.1) is 0 Å². The maximum atomic E-state index is 12.0. The van der Waals surface area contributed by atoms with Crippen molar-refractivity contribution in [2.75, 3.05) is 13.2 Å². The number of aliphatic hydroxyl groups is 1. The van der Waals surface area contributed by atoms with Gasteiger partial charge in [0.1, 0.15) is 17.1 Å². The van der Waals surface area contributed by atoms with Crippen LogP contribution in [-0.4, -0.2) is 29.3 Å². The van der Waals surface area contributed by atoms with Gasteiger partial charge < -0.3 is 19.7 Å². The van der Waals surface area contributed by atoms with Crippen molar-refractivity contribution >= 4 is 5.91 Å². The number of nitrogens with zero attached hydrogens (tertiary/aromatic N) is 1. The summed E-state index contributed by atoms with van der Waals surface area (Å²) >= 11 is 0. The Morgan fingerprint density at radius 2 is 2.29 bits per heavy atom. The number of hydrogen-bond donors (Lipinski definition) is 2. The Labute approximate surface area is 121 Å². The summed E-state index contributed by atoms with van der Waals surface area (Å²) in [4.78, 5) is 12.0. The van der Waals surface area contributed by atoms with Crippen molar-refractivity contribution in [2.24, 2.45) is 0 Å². The molecule has 2 aromatic rings. The van der Waals surface area contributed by atoms with Gasteiger partial charge in [-0.05, 0) is 13.0 Å².